The van der Waals surface area contributed by atoms with Crippen molar-refractivity contribution in [3.63, 3.8) is 0 Å². The second kappa shape index (κ2) is 15.4. The molecule has 0 aliphatic carbocycles. The lowest BCUT2D eigenvalue weighted by molar-refractivity contribution is -0.928. The van der Waals surface area contributed by atoms with Crippen molar-refractivity contribution < 1.29 is 4.48 Å². The maximum Gasteiger partial charge on any atom is 0.0814 e. The molecule has 0 aromatic carbocycles. The molecule has 20 heavy (non-hydrogen) atoms. The van der Waals surface area contributed by atoms with E-state index in [4.69, 9.17) is 0 Å². The first-order chi connectivity index (χ1) is 9.24. The van der Waals surface area contributed by atoms with E-state index >= 15 is 0 Å². The first kappa shape index (κ1) is 22.3. The third kappa shape index (κ3) is 10.8. The van der Waals surface area contributed by atoms with Crippen molar-refractivity contribution in [2.45, 2.75) is 91.9 Å². The Balaban J connectivity index is 0. The molecule has 0 aliphatic rings. The molecule has 0 rings (SSSR count). The molecule has 0 saturated carbocycles. The quantitative estimate of drug-likeness (QED) is 0.248. The molecule has 0 aromatic rings. The van der Waals surface area contributed by atoms with E-state index in [0.29, 0.717) is 0 Å². The predicted molar refractivity (Wildman–Crippen MR) is 98.5 cm³/mol. The van der Waals surface area contributed by atoms with Gasteiger partial charge in [0.25, 0.3) is 0 Å². The SMILES string of the molecule is B.CCCCCCCCC[N+](CCC)(CCC)CCC. The van der Waals surface area contributed by atoms with Crippen LogP contribution in [0.15, 0.2) is 0 Å². The van der Waals surface area contributed by atoms with Gasteiger partial charge in [0.15, 0.2) is 0 Å². The summed E-state index contributed by atoms with van der Waals surface area (Å²) >= 11 is 0. The van der Waals surface area contributed by atoms with Crippen LogP contribution in [0.1, 0.15) is 91.9 Å². The second-order valence-corrected chi connectivity index (χ2v) is 6.36. The number of nitrogens with zero attached hydrogens (tertiary/aromatic N) is 1. The number of unbranched alkanes of at least 4 members (excludes halogenated alkanes) is 6. The largest absolute Gasteiger partial charge is 0.324 e. The van der Waals surface area contributed by atoms with Crippen LogP contribution in [0.25, 0.3) is 0 Å². The second-order valence-electron chi connectivity index (χ2n) is 6.36. The highest BCUT2D eigenvalue weighted by molar-refractivity contribution is 5.75. The van der Waals surface area contributed by atoms with Crippen molar-refractivity contribution in [3.05, 3.63) is 0 Å². The molecule has 0 amide bonds. The molecule has 2 heteroatoms. The normalized spacial score (nSPS) is 11.4. The molecule has 0 heterocycles. The molecule has 0 saturated heterocycles. The molecular weight excluding hydrogens is 241 g/mol. The molecule has 0 radical (unpaired) electrons. The molecule has 0 unspecified atom stereocenters. The molecule has 0 bridgehead atoms. The standard InChI is InChI=1S/C18H40N.BH3/c1-5-9-10-11-12-13-14-18-19(15-6-2,16-7-3)17-8-4;/h5-18H2,1-4H3;1H3/q+1;. The van der Waals surface area contributed by atoms with Gasteiger partial charge in [-0.2, -0.15) is 0 Å². The lowest BCUT2D eigenvalue weighted by Gasteiger charge is -2.38. The maximum atomic E-state index is 2.35. The van der Waals surface area contributed by atoms with Crippen LogP contribution in [0.2, 0.25) is 0 Å². The smallest absolute Gasteiger partial charge is 0.0814 e. The first-order valence-electron chi connectivity index (χ1n) is 9.09. The van der Waals surface area contributed by atoms with Gasteiger partial charge >= 0.3 is 0 Å². The van der Waals surface area contributed by atoms with Crippen LogP contribution in [0.4, 0.5) is 0 Å². The van der Waals surface area contributed by atoms with Crippen molar-refractivity contribution in [2.75, 3.05) is 26.2 Å². The van der Waals surface area contributed by atoms with Crippen molar-refractivity contribution in [1.29, 1.82) is 0 Å². The summed E-state index contributed by atoms with van der Waals surface area (Å²) in [7, 11) is 0. The van der Waals surface area contributed by atoms with E-state index in [2.05, 4.69) is 27.7 Å². The van der Waals surface area contributed by atoms with Crippen LogP contribution in [0, 0.1) is 0 Å². The van der Waals surface area contributed by atoms with E-state index in [9.17, 15) is 0 Å². The topological polar surface area (TPSA) is 0 Å². The fourth-order valence-corrected chi connectivity index (χ4v) is 3.50. The summed E-state index contributed by atoms with van der Waals surface area (Å²) in [5.74, 6) is 0. The summed E-state index contributed by atoms with van der Waals surface area (Å²) in [6, 6.07) is 0. The zero-order valence-electron chi connectivity index (χ0n) is 14.3. The Bertz CT molecular complexity index is 165. The van der Waals surface area contributed by atoms with Crippen LogP contribution in [-0.2, 0) is 0 Å². The zero-order chi connectivity index (χ0) is 14.4. The van der Waals surface area contributed by atoms with Crippen LogP contribution in [-0.4, -0.2) is 39.1 Å². The number of quaternary nitrogens is 1. The number of rotatable bonds is 14. The van der Waals surface area contributed by atoms with Crippen molar-refractivity contribution in [3.8, 4) is 0 Å². The third-order valence-corrected chi connectivity index (χ3v) is 4.33. The minimum absolute atomic E-state index is 0. The highest BCUT2D eigenvalue weighted by Crippen LogP contribution is 2.15. The Morgan fingerprint density at radius 2 is 0.850 bits per heavy atom. The van der Waals surface area contributed by atoms with E-state index in [0.717, 1.165) is 0 Å². The van der Waals surface area contributed by atoms with Gasteiger partial charge in [0, 0.05) is 0 Å². The van der Waals surface area contributed by atoms with Crippen molar-refractivity contribution in [1.82, 2.24) is 0 Å². The van der Waals surface area contributed by atoms with E-state index in [-0.39, 0.29) is 8.41 Å². The van der Waals surface area contributed by atoms with Crippen LogP contribution < -0.4 is 0 Å². The number of hydrogen-bond acceptors (Lipinski definition) is 0. The lowest BCUT2D eigenvalue weighted by atomic mass is 10.1. The maximum absolute atomic E-state index is 2.35. The summed E-state index contributed by atoms with van der Waals surface area (Å²) in [4.78, 5) is 0. The fourth-order valence-electron chi connectivity index (χ4n) is 3.50. The summed E-state index contributed by atoms with van der Waals surface area (Å²) in [6.45, 7) is 15.0. The van der Waals surface area contributed by atoms with E-state index in [1.54, 1.807) is 0 Å². The van der Waals surface area contributed by atoms with Crippen LogP contribution >= 0.6 is 0 Å². The first-order valence-corrected chi connectivity index (χ1v) is 9.09. The molecular formula is C18H43BN+. The van der Waals surface area contributed by atoms with E-state index in [1.165, 1.54) is 94.9 Å². The van der Waals surface area contributed by atoms with Gasteiger partial charge in [0.2, 0.25) is 0 Å². The minimum Gasteiger partial charge on any atom is -0.324 e. The Morgan fingerprint density at radius 1 is 0.450 bits per heavy atom. The Labute approximate surface area is 131 Å². The average molecular weight is 284 g/mol. The van der Waals surface area contributed by atoms with Gasteiger partial charge < -0.3 is 4.48 Å². The van der Waals surface area contributed by atoms with Gasteiger partial charge in [-0.3, -0.25) is 0 Å². The molecule has 1 nitrogen and oxygen atoms in total. The zero-order valence-corrected chi connectivity index (χ0v) is 14.3. The Hall–Kier alpha value is 0.0249. The molecule has 0 aliphatic heterocycles. The summed E-state index contributed by atoms with van der Waals surface area (Å²) in [5, 5.41) is 0. The van der Waals surface area contributed by atoms with Crippen molar-refractivity contribution in [2.24, 2.45) is 0 Å². The highest BCUT2D eigenvalue weighted by Gasteiger charge is 2.23. The molecule has 0 spiro atoms. The molecule has 0 atom stereocenters. The van der Waals surface area contributed by atoms with Gasteiger partial charge in [0.1, 0.15) is 0 Å². The van der Waals surface area contributed by atoms with Gasteiger partial charge in [-0.15, -0.1) is 0 Å². The van der Waals surface area contributed by atoms with Gasteiger partial charge in [-0.05, 0) is 32.1 Å². The summed E-state index contributed by atoms with van der Waals surface area (Å²) < 4.78 is 1.40. The summed E-state index contributed by atoms with van der Waals surface area (Å²) in [6.07, 6.45) is 14.1. The molecule has 0 aromatic heterocycles. The summed E-state index contributed by atoms with van der Waals surface area (Å²) in [5.41, 5.74) is 0. The number of hydrogen-bond donors (Lipinski definition) is 0. The van der Waals surface area contributed by atoms with E-state index < -0.39 is 0 Å². The average Bonchev–Trinajstić information content (AvgIpc) is 2.39. The van der Waals surface area contributed by atoms with E-state index in [1.807, 2.05) is 0 Å². The van der Waals surface area contributed by atoms with Gasteiger partial charge in [-0.25, -0.2) is 0 Å². The Kier molecular flexibility index (Phi) is 17.2. The highest BCUT2D eigenvalue weighted by atomic mass is 15.3. The lowest BCUT2D eigenvalue weighted by Crippen LogP contribution is -2.50. The molecule has 0 N–H and O–H groups in total. The third-order valence-electron chi connectivity index (χ3n) is 4.33. The monoisotopic (exact) mass is 284 g/mol. The molecule has 122 valence electrons. The Morgan fingerprint density at radius 3 is 1.25 bits per heavy atom. The minimum atomic E-state index is 0. The van der Waals surface area contributed by atoms with Gasteiger partial charge in [0.05, 0.1) is 34.6 Å². The van der Waals surface area contributed by atoms with Gasteiger partial charge in [-0.1, -0.05) is 59.8 Å². The predicted octanol–water partition coefficient (Wildman–Crippen LogP) is 4.60. The van der Waals surface area contributed by atoms with Crippen LogP contribution in [0.3, 0.4) is 0 Å². The van der Waals surface area contributed by atoms with Crippen LogP contribution in [0.5, 0.6) is 0 Å². The van der Waals surface area contributed by atoms with Crippen molar-refractivity contribution >= 4 is 8.41 Å². The molecule has 0 fully saturated rings. The fraction of sp³-hybridized carbons (Fsp3) is 1.00.